The first-order valence-electron chi connectivity index (χ1n) is 8.99. The zero-order valence-electron chi connectivity index (χ0n) is 14.8. The topological polar surface area (TPSA) is 67.8 Å². The molecule has 0 saturated carbocycles. The summed E-state index contributed by atoms with van der Waals surface area (Å²) in [6.45, 7) is 5.00. The Labute approximate surface area is 145 Å². The van der Waals surface area contributed by atoms with Gasteiger partial charge in [0.2, 0.25) is 0 Å². The van der Waals surface area contributed by atoms with E-state index in [0.29, 0.717) is 25.3 Å². The predicted molar refractivity (Wildman–Crippen MR) is 95.6 cm³/mol. The number of hydrogen-bond acceptors (Lipinski definition) is 5. The average molecular weight is 337 g/mol. The van der Waals surface area contributed by atoms with Gasteiger partial charge < -0.3 is 19.9 Å². The van der Waals surface area contributed by atoms with Gasteiger partial charge in [0.1, 0.15) is 5.75 Å². The number of aliphatic hydroxyl groups excluding tert-OH is 1. The van der Waals surface area contributed by atoms with Crippen molar-refractivity contribution in [1.82, 2.24) is 5.32 Å². The number of carbonyl (C=O) groups excluding carboxylic acids is 1. The Balaban J connectivity index is 2.14. The van der Waals surface area contributed by atoms with E-state index in [1.165, 1.54) is 12.8 Å². The van der Waals surface area contributed by atoms with E-state index in [4.69, 9.17) is 14.6 Å². The number of rotatable bonds is 14. The van der Waals surface area contributed by atoms with Gasteiger partial charge in [-0.2, -0.15) is 0 Å². The molecule has 0 heterocycles. The van der Waals surface area contributed by atoms with Crippen molar-refractivity contribution < 1.29 is 19.4 Å². The summed E-state index contributed by atoms with van der Waals surface area (Å²) in [5, 5.41) is 11.7. The molecule has 0 aliphatic rings. The molecule has 0 spiro atoms. The van der Waals surface area contributed by atoms with Crippen molar-refractivity contribution in [2.24, 2.45) is 0 Å². The molecule has 2 N–H and O–H groups in total. The SMILES string of the molecule is CCCCCOc1ccc(C(=O)OCCCCCNCCO)cc1. The summed E-state index contributed by atoms with van der Waals surface area (Å²) in [7, 11) is 0. The Bertz CT molecular complexity index is 433. The first-order valence-corrected chi connectivity index (χ1v) is 8.99. The van der Waals surface area contributed by atoms with E-state index in [1.807, 2.05) is 12.1 Å². The molecule has 0 aromatic heterocycles. The van der Waals surface area contributed by atoms with Gasteiger partial charge in [-0.05, 0) is 56.5 Å². The van der Waals surface area contributed by atoms with Crippen LogP contribution in [0.4, 0.5) is 0 Å². The van der Waals surface area contributed by atoms with Crippen molar-refractivity contribution in [2.45, 2.75) is 45.4 Å². The van der Waals surface area contributed by atoms with E-state index in [0.717, 1.165) is 38.0 Å². The highest BCUT2D eigenvalue weighted by atomic mass is 16.5. The lowest BCUT2D eigenvalue weighted by Gasteiger charge is -2.08. The second-order valence-corrected chi connectivity index (χ2v) is 5.75. The summed E-state index contributed by atoms with van der Waals surface area (Å²) in [4.78, 5) is 11.9. The Hall–Kier alpha value is -1.59. The molecule has 24 heavy (non-hydrogen) atoms. The number of aliphatic hydroxyl groups is 1. The lowest BCUT2D eigenvalue weighted by atomic mass is 10.2. The summed E-state index contributed by atoms with van der Waals surface area (Å²) < 4.78 is 10.9. The summed E-state index contributed by atoms with van der Waals surface area (Å²) in [5.41, 5.74) is 0.556. The molecule has 136 valence electrons. The maximum atomic E-state index is 11.9. The summed E-state index contributed by atoms with van der Waals surface area (Å²) in [5.74, 6) is 0.504. The Morgan fingerprint density at radius 3 is 2.46 bits per heavy atom. The molecule has 0 unspecified atom stereocenters. The Kier molecular flexibility index (Phi) is 11.8. The van der Waals surface area contributed by atoms with Crippen LogP contribution in [0.15, 0.2) is 24.3 Å². The van der Waals surface area contributed by atoms with Gasteiger partial charge in [-0.25, -0.2) is 4.79 Å². The molecular weight excluding hydrogens is 306 g/mol. The maximum Gasteiger partial charge on any atom is 0.338 e. The Morgan fingerprint density at radius 1 is 1.00 bits per heavy atom. The van der Waals surface area contributed by atoms with Crippen LogP contribution in [0.2, 0.25) is 0 Å². The molecule has 0 atom stereocenters. The third kappa shape index (κ3) is 9.53. The van der Waals surface area contributed by atoms with Crippen LogP contribution in [0, 0.1) is 0 Å². The molecule has 1 rings (SSSR count). The zero-order chi connectivity index (χ0) is 17.5. The second kappa shape index (κ2) is 13.8. The molecule has 0 aliphatic heterocycles. The quantitative estimate of drug-likeness (QED) is 0.403. The van der Waals surface area contributed by atoms with Crippen molar-refractivity contribution in [1.29, 1.82) is 0 Å². The molecule has 5 heteroatoms. The molecule has 5 nitrogen and oxygen atoms in total. The fraction of sp³-hybridized carbons (Fsp3) is 0.632. The van der Waals surface area contributed by atoms with Crippen molar-refractivity contribution in [3.8, 4) is 5.75 Å². The van der Waals surface area contributed by atoms with Gasteiger partial charge in [0, 0.05) is 6.54 Å². The fourth-order valence-corrected chi connectivity index (χ4v) is 2.21. The molecule has 1 aromatic rings. The molecule has 0 radical (unpaired) electrons. The fourth-order valence-electron chi connectivity index (χ4n) is 2.21. The summed E-state index contributed by atoms with van der Waals surface area (Å²) in [6, 6.07) is 7.12. The third-order valence-corrected chi connectivity index (χ3v) is 3.63. The molecule has 0 fully saturated rings. The molecule has 0 saturated heterocycles. The van der Waals surface area contributed by atoms with Gasteiger partial charge in [-0.1, -0.05) is 19.8 Å². The van der Waals surface area contributed by atoms with Gasteiger partial charge in [-0.3, -0.25) is 0 Å². The van der Waals surface area contributed by atoms with Crippen LogP contribution in [-0.4, -0.2) is 44.0 Å². The largest absolute Gasteiger partial charge is 0.494 e. The standard InChI is InChI=1S/C19H31NO4/c1-2-3-6-15-23-18-10-8-17(9-11-18)19(22)24-16-7-4-5-12-20-13-14-21/h8-11,20-21H,2-7,12-16H2,1H3. The van der Waals surface area contributed by atoms with E-state index in [-0.39, 0.29) is 12.6 Å². The van der Waals surface area contributed by atoms with E-state index < -0.39 is 0 Å². The van der Waals surface area contributed by atoms with Crippen molar-refractivity contribution in [2.75, 3.05) is 32.9 Å². The van der Waals surface area contributed by atoms with Crippen molar-refractivity contribution in [3.05, 3.63) is 29.8 Å². The predicted octanol–water partition coefficient (Wildman–Crippen LogP) is 3.16. The highest BCUT2D eigenvalue weighted by Gasteiger charge is 2.07. The minimum Gasteiger partial charge on any atom is -0.494 e. The van der Waals surface area contributed by atoms with E-state index in [9.17, 15) is 4.79 Å². The Morgan fingerprint density at radius 2 is 1.75 bits per heavy atom. The van der Waals surface area contributed by atoms with Crippen LogP contribution in [-0.2, 0) is 4.74 Å². The number of nitrogens with one attached hydrogen (secondary N) is 1. The summed E-state index contributed by atoms with van der Waals surface area (Å²) in [6.07, 6.45) is 6.26. The van der Waals surface area contributed by atoms with Crippen molar-refractivity contribution in [3.63, 3.8) is 0 Å². The van der Waals surface area contributed by atoms with Crippen LogP contribution < -0.4 is 10.1 Å². The van der Waals surface area contributed by atoms with Crippen LogP contribution in [0.5, 0.6) is 5.75 Å². The highest BCUT2D eigenvalue weighted by Crippen LogP contribution is 2.14. The molecule has 0 aliphatic carbocycles. The molecule has 0 bridgehead atoms. The zero-order valence-corrected chi connectivity index (χ0v) is 14.8. The van der Waals surface area contributed by atoms with Gasteiger partial charge >= 0.3 is 5.97 Å². The highest BCUT2D eigenvalue weighted by molar-refractivity contribution is 5.89. The van der Waals surface area contributed by atoms with Crippen LogP contribution >= 0.6 is 0 Å². The summed E-state index contributed by atoms with van der Waals surface area (Å²) >= 11 is 0. The average Bonchev–Trinajstić information content (AvgIpc) is 2.61. The number of hydrogen-bond donors (Lipinski definition) is 2. The number of carbonyl (C=O) groups is 1. The van der Waals surface area contributed by atoms with Gasteiger partial charge in [0.15, 0.2) is 0 Å². The van der Waals surface area contributed by atoms with E-state index >= 15 is 0 Å². The van der Waals surface area contributed by atoms with Gasteiger partial charge in [-0.15, -0.1) is 0 Å². The monoisotopic (exact) mass is 337 g/mol. The van der Waals surface area contributed by atoms with Crippen LogP contribution in [0.25, 0.3) is 0 Å². The minimum atomic E-state index is -0.286. The number of esters is 1. The first-order chi connectivity index (χ1) is 11.8. The number of benzene rings is 1. The van der Waals surface area contributed by atoms with Crippen molar-refractivity contribution >= 4 is 5.97 Å². The second-order valence-electron chi connectivity index (χ2n) is 5.75. The van der Waals surface area contributed by atoms with E-state index in [2.05, 4.69) is 12.2 Å². The van der Waals surface area contributed by atoms with Gasteiger partial charge in [0.25, 0.3) is 0 Å². The lowest BCUT2D eigenvalue weighted by Crippen LogP contribution is -2.19. The lowest BCUT2D eigenvalue weighted by molar-refractivity contribution is 0.0498. The number of ether oxygens (including phenoxy) is 2. The molecule has 0 amide bonds. The molecule has 1 aromatic carbocycles. The number of unbranched alkanes of at least 4 members (excludes halogenated alkanes) is 4. The smallest absolute Gasteiger partial charge is 0.338 e. The van der Waals surface area contributed by atoms with Crippen LogP contribution in [0.3, 0.4) is 0 Å². The van der Waals surface area contributed by atoms with E-state index in [1.54, 1.807) is 12.1 Å². The molecular formula is C19H31NO4. The van der Waals surface area contributed by atoms with Crippen LogP contribution in [0.1, 0.15) is 55.8 Å². The first kappa shape index (κ1) is 20.5. The maximum absolute atomic E-state index is 11.9. The third-order valence-electron chi connectivity index (χ3n) is 3.63. The normalized spacial score (nSPS) is 10.6. The van der Waals surface area contributed by atoms with Gasteiger partial charge in [0.05, 0.1) is 25.4 Å². The minimum absolute atomic E-state index is 0.167.